The lowest BCUT2D eigenvalue weighted by atomic mass is 10.0. The van der Waals surface area contributed by atoms with Gasteiger partial charge in [-0.15, -0.1) is 12.4 Å². The second-order valence-electron chi connectivity index (χ2n) is 4.59. The first-order valence-corrected chi connectivity index (χ1v) is 6.39. The molecule has 0 spiro atoms. The van der Waals surface area contributed by atoms with Gasteiger partial charge in [0.05, 0.1) is 11.2 Å². The number of aryl methyl sites for hydroxylation is 1. The van der Waals surface area contributed by atoms with Crippen LogP contribution in [0.5, 0.6) is 0 Å². The Hall–Kier alpha value is -1.91. The van der Waals surface area contributed by atoms with Crippen LogP contribution < -0.4 is 5.73 Å². The van der Waals surface area contributed by atoms with Crippen molar-refractivity contribution >= 4 is 17.9 Å². The van der Waals surface area contributed by atoms with E-state index < -0.39 is 0 Å². The molecule has 2 heterocycles. The summed E-state index contributed by atoms with van der Waals surface area (Å²) < 4.78 is 1.68. The lowest BCUT2D eigenvalue weighted by Crippen LogP contribution is -2.02. The third-order valence-corrected chi connectivity index (χ3v) is 3.27. The number of rotatable bonds is 3. The first-order chi connectivity index (χ1) is 9.29. The van der Waals surface area contributed by atoms with Crippen molar-refractivity contribution in [3.8, 4) is 11.1 Å². The van der Waals surface area contributed by atoms with Gasteiger partial charge in [0.15, 0.2) is 0 Å². The van der Waals surface area contributed by atoms with Crippen molar-refractivity contribution in [2.75, 3.05) is 6.54 Å². The minimum atomic E-state index is 0. The third-order valence-electron chi connectivity index (χ3n) is 3.27. The fraction of sp³-hybridized carbons (Fsp3) is 0.200. The van der Waals surface area contributed by atoms with E-state index in [1.807, 2.05) is 19.1 Å². The number of hydrogen-bond acceptors (Lipinski definition) is 3. The molecule has 0 aliphatic heterocycles. The molecule has 0 unspecified atom stereocenters. The molecule has 20 heavy (non-hydrogen) atoms. The third kappa shape index (κ3) is 2.53. The van der Waals surface area contributed by atoms with Crippen LogP contribution >= 0.6 is 12.4 Å². The Labute approximate surface area is 124 Å². The van der Waals surface area contributed by atoms with Crippen LogP contribution in [0.15, 0.2) is 42.6 Å². The Morgan fingerprint density at radius 3 is 2.60 bits per heavy atom. The minimum Gasteiger partial charge on any atom is -0.330 e. The van der Waals surface area contributed by atoms with E-state index in [0.717, 1.165) is 23.2 Å². The van der Waals surface area contributed by atoms with Crippen LogP contribution in [0, 0.1) is 6.92 Å². The van der Waals surface area contributed by atoms with Gasteiger partial charge in [0.25, 0.3) is 0 Å². The van der Waals surface area contributed by atoms with Crippen molar-refractivity contribution in [1.29, 1.82) is 0 Å². The molecule has 0 aliphatic carbocycles. The molecule has 104 valence electrons. The summed E-state index contributed by atoms with van der Waals surface area (Å²) in [5.41, 5.74) is 11.2. The second kappa shape index (κ2) is 6.03. The molecule has 2 N–H and O–H groups in total. The lowest BCUT2D eigenvalue weighted by Gasteiger charge is -2.03. The highest BCUT2D eigenvalue weighted by Crippen LogP contribution is 2.27. The number of aromatic nitrogens is 3. The fourth-order valence-electron chi connectivity index (χ4n) is 2.37. The van der Waals surface area contributed by atoms with Gasteiger partial charge >= 0.3 is 0 Å². The molecule has 3 rings (SSSR count). The molecule has 0 radical (unpaired) electrons. The number of halogens is 1. The standard InChI is InChI=1S/C15H16N4.ClH/c1-11-15(14-3-2-10-17-19(14)18-11)13-6-4-12(5-7-13)8-9-16;/h2-7,10H,8-9,16H2,1H3;1H. The first-order valence-electron chi connectivity index (χ1n) is 6.39. The predicted octanol–water partition coefficient (Wildman–Crippen LogP) is 2.63. The molecule has 0 bridgehead atoms. The molecular formula is C15H17ClN4. The zero-order valence-electron chi connectivity index (χ0n) is 11.3. The van der Waals surface area contributed by atoms with Gasteiger partial charge in [0.2, 0.25) is 0 Å². The van der Waals surface area contributed by atoms with Crippen LogP contribution in [0.25, 0.3) is 16.6 Å². The van der Waals surface area contributed by atoms with Gasteiger partial charge in [-0.2, -0.15) is 14.8 Å². The van der Waals surface area contributed by atoms with Crippen molar-refractivity contribution in [1.82, 2.24) is 14.8 Å². The van der Waals surface area contributed by atoms with Crippen molar-refractivity contribution in [3.63, 3.8) is 0 Å². The molecule has 2 aromatic heterocycles. The molecule has 0 saturated heterocycles. The van der Waals surface area contributed by atoms with Gasteiger partial charge in [-0.25, -0.2) is 0 Å². The topological polar surface area (TPSA) is 56.2 Å². The first kappa shape index (κ1) is 14.5. The van der Waals surface area contributed by atoms with Gasteiger partial charge in [0, 0.05) is 11.8 Å². The molecule has 0 fully saturated rings. The number of hydrogen-bond donors (Lipinski definition) is 1. The Kier molecular flexibility index (Phi) is 4.37. The maximum absolute atomic E-state index is 5.57. The summed E-state index contributed by atoms with van der Waals surface area (Å²) >= 11 is 0. The summed E-state index contributed by atoms with van der Waals surface area (Å²) in [6.07, 6.45) is 2.66. The summed E-state index contributed by atoms with van der Waals surface area (Å²) in [5.74, 6) is 0. The molecule has 0 saturated carbocycles. The highest BCUT2D eigenvalue weighted by atomic mass is 35.5. The Bertz CT molecular complexity index is 703. The predicted molar refractivity (Wildman–Crippen MR) is 83.2 cm³/mol. The minimum absolute atomic E-state index is 0. The van der Waals surface area contributed by atoms with Gasteiger partial charge < -0.3 is 5.73 Å². The summed E-state index contributed by atoms with van der Waals surface area (Å²) in [7, 11) is 0. The van der Waals surface area contributed by atoms with E-state index in [0.29, 0.717) is 6.54 Å². The highest BCUT2D eigenvalue weighted by molar-refractivity contribution is 5.85. The molecule has 0 atom stereocenters. The maximum atomic E-state index is 5.57. The zero-order chi connectivity index (χ0) is 13.2. The maximum Gasteiger partial charge on any atom is 0.0954 e. The van der Waals surface area contributed by atoms with E-state index in [1.54, 1.807) is 10.8 Å². The van der Waals surface area contributed by atoms with Crippen LogP contribution in [-0.4, -0.2) is 21.4 Å². The van der Waals surface area contributed by atoms with Crippen LogP contribution in [0.1, 0.15) is 11.3 Å². The molecule has 5 heteroatoms. The van der Waals surface area contributed by atoms with Crippen LogP contribution in [0.4, 0.5) is 0 Å². The van der Waals surface area contributed by atoms with Crippen molar-refractivity contribution in [2.24, 2.45) is 5.73 Å². The molecule has 0 aliphatic rings. The molecule has 4 nitrogen and oxygen atoms in total. The van der Waals surface area contributed by atoms with Gasteiger partial charge in [-0.1, -0.05) is 24.3 Å². The molecular weight excluding hydrogens is 272 g/mol. The largest absolute Gasteiger partial charge is 0.330 e. The normalized spacial score (nSPS) is 10.5. The average molecular weight is 289 g/mol. The van der Waals surface area contributed by atoms with E-state index in [-0.39, 0.29) is 12.4 Å². The summed E-state index contributed by atoms with van der Waals surface area (Å²) in [4.78, 5) is 0. The molecule has 0 amide bonds. The Morgan fingerprint density at radius 2 is 1.90 bits per heavy atom. The Morgan fingerprint density at radius 1 is 1.15 bits per heavy atom. The smallest absolute Gasteiger partial charge is 0.0954 e. The van der Waals surface area contributed by atoms with Crippen molar-refractivity contribution in [2.45, 2.75) is 13.3 Å². The molecule has 1 aromatic carbocycles. The molecule has 3 aromatic rings. The highest BCUT2D eigenvalue weighted by Gasteiger charge is 2.11. The quantitative estimate of drug-likeness (QED) is 0.806. The number of benzene rings is 1. The SMILES string of the molecule is Cc1nn2ncccc2c1-c1ccc(CCN)cc1.Cl. The van der Waals surface area contributed by atoms with E-state index in [1.165, 1.54) is 11.1 Å². The van der Waals surface area contributed by atoms with Crippen LogP contribution in [0.2, 0.25) is 0 Å². The van der Waals surface area contributed by atoms with E-state index >= 15 is 0 Å². The van der Waals surface area contributed by atoms with Crippen LogP contribution in [-0.2, 0) is 6.42 Å². The van der Waals surface area contributed by atoms with Crippen molar-refractivity contribution in [3.05, 3.63) is 53.9 Å². The zero-order valence-corrected chi connectivity index (χ0v) is 12.1. The van der Waals surface area contributed by atoms with Crippen molar-refractivity contribution < 1.29 is 0 Å². The van der Waals surface area contributed by atoms with E-state index in [4.69, 9.17) is 5.73 Å². The van der Waals surface area contributed by atoms with Gasteiger partial charge in [-0.05, 0) is 43.1 Å². The second-order valence-corrected chi connectivity index (χ2v) is 4.59. The summed E-state index contributed by atoms with van der Waals surface area (Å²) in [6.45, 7) is 2.69. The Balaban J connectivity index is 0.00000147. The van der Waals surface area contributed by atoms with Crippen LogP contribution in [0.3, 0.4) is 0 Å². The van der Waals surface area contributed by atoms with E-state index in [9.17, 15) is 0 Å². The van der Waals surface area contributed by atoms with Gasteiger partial charge in [-0.3, -0.25) is 0 Å². The van der Waals surface area contributed by atoms with Gasteiger partial charge in [0.1, 0.15) is 0 Å². The number of nitrogens with zero attached hydrogens (tertiary/aromatic N) is 3. The number of fused-ring (bicyclic) bond motifs is 1. The number of nitrogens with two attached hydrogens (primary N) is 1. The lowest BCUT2D eigenvalue weighted by molar-refractivity contribution is 0.787. The monoisotopic (exact) mass is 288 g/mol. The average Bonchev–Trinajstić information content (AvgIpc) is 2.76. The summed E-state index contributed by atoms with van der Waals surface area (Å²) in [6, 6.07) is 12.5. The van der Waals surface area contributed by atoms with E-state index in [2.05, 4.69) is 34.5 Å². The summed E-state index contributed by atoms with van der Waals surface area (Å²) in [5, 5.41) is 8.66. The fourth-order valence-corrected chi connectivity index (χ4v) is 2.37.